The van der Waals surface area contributed by atoms with Gasteiger partial charge in [-0.2, -0.15) is 9.36 Å². The van der Waals surface area contributed by atoms with E-state index in [4.69, 9.17) is 17.0 Å². The predicted molar refractivity (Wildman–Crippen MR) is 120 cm³/mol. The summed E-state index contributed by atoms with van der Waals surface area (Å²) >= 11 is 5.64. The molecule has 2 aromatic carbocycles. The summed E-state index contributed by atoms with van der Waals surface area (Å²) in [7, 11) is 2.15. The Labute approximate surface area is 182 Å². The maximum atomic E-state index is 5.64. The molecule has 0 radical (unpaired) electrons. The van der Waals surface area contributed by atoms with Crippen LogP contribution >= 0.6 is 12.2 Å². The normalized spacial score (nSPS) is 15.4. The first kappa shape index (κ1) is 20.7. The van der Waals surface area contributed by atoms with Gasteiger partial charge in [0.05, 0.1) is 25.9 Å². The van der Waals surface area contributed by atoms with Gasteiger partial charge in [-0.1, -0.05) is 29.8 Å². The fourth-order valence-electron chi connectivity index (χ4n) is 3.87. The van der Waals surface area contributed by atoms with Crippen molar-refractivity contribution in [2.75, 3.05) is 38.3 Å². The maximum Gasteiger partial charge on any atom is 0.225 e. The van der Waals surface area contributed by atoms with E-state index in [0.717, 1.165) is 44.1 Å². The number of morpholine rings is 1. The van der Waals surface area contributed by atoms with Gasteiger partial charge in [0, 0.05) is 24.3 Å². The summed E-state index contributed by atoms with van der Waals surface area (Å²) in [5.41, 5.74) is 5.89. The van der Waals surface area contributed by atoms with Gasteiger partial charge in [0.2, 0.25) is 4.77 Å². The SMILES string of the molecule is Cc1ccc(-n2nnn(C[NH+](C)Cc3ccc(N4CCOCC4)cc3)c2=S)c(C)c1. The van der Waals surface area contributed by atoms with Gasteiger partial charge in [-0.05, 0) is 60.3 Å². The molecular weight excluding hydrogens is 396 g/mol. The monoisotopic (exact) mass is 425 g/mol. The van der Waals surface area contributed by atoms with Crippen molar-refractivity contribution in [3.63, 3.8) is 0 Å². The molecule has 158 valence electrons. The number of nitrogens with zero attached hydrogens (tertiary/aromatic N) is 5. The molecule has 1 unspecified atom stereocenters. The van der Waals surface area contributed by atoms with Crippen molar-refractivity contribution in [2.45, 2.75) is 27.1 Å². The number of tetrazole rings is 1. The van der Waals surface area contributed by atoms with Crippen molar-refractivity contribution in [3.05, 3.63) is 63.9 Å². The number of aryl methyl sites for hydroxylation is 2. The molecule has 0 amide bonds. The zero-order chi connectivity index (χ0) is 21.1. The molecule has 1 aliphatic heterocycles. The van der Waals surface area contributed by atoms with Crippen molar-refractivity contribution in [2.24, 2.45) is 0 Å². The second-order valence-electron chi connectivity index (χ2n) is 8.02. The van der Waals surface area contributed by atoms with E-state index >= 15 is 0 Å². The number of hydrogen-bond donors (Lipinski definition) is 1. The van der Waals surface area contributed by atoms with Crippen LogP contribution < -0.4 is 9.80 Å². The Kier molecular flexibility index (Phi) is 6.26. The van der Waals surface area contributed by atoms with Crippen LogP contribution in [-0.4, -0.2) is 53.1 Å². The molecule has 7 nitrogen and oxygen atoms in total. The number of rotatable bonds is 6. The third-order valence-electron chi connectivity index (χ3n) is 5.46. The number of hydrogen-bond acceptors (Lipinski definition) is 5. The Hall–Kier alpha value is -2.55. The van der Waals surface area contributed by atoms with Crippen molar-refractivity contribution >= 4 is 17.9 Å². The van der Waals surface area contributed by atoms with E-state index < -0.39 is 0 Å². The van der Waals surface area contributed by atoms with E-state index in [2.05, 4.69) is 72.6 Å². The molecule has 1 atom stereocenters. The fraction of sp³-hybridized carbons (Fsp3) is 0.409. The lowest BCUT2D eigenvalue weighted by Gasteiger charge is -2.29. The molecule has 1 fully saturated rings. The molecule has 0 bridgehead atoms. The van der Waals surface area contributed by atoms with Crippen molar-refractivity contribution in [1.29, 1.82) is 0 Å². The van der Waals surface area contributed by atoms with Gasteiger partial charge in [0.1, 0.15) is 6.54 Å². The molecule has 4 rings (SSSR count). The van der Waals surface area contributed by atoms with E-state index in [-0.39, 0.29) is 0 Å². The summed E-state index contributed by atoms with van der Waals surface area (Å²) in [5.74, 6) is 0. The number of ether oxygens (including phenoxy) is 1. The summed E-state index contributed by atoms with van der Waals surface area (Å²) in [5, 5.41) is 8.59. The van der Waals surface area contributed by atoms with Crippen LogP contribution in [0.5, 0.6) is 0 Å². The van der Waals surface area contributed by atoms with Crippen LogP contribution in [0.4, 0.5) is 5.69 Å². The number of quaternary nitrogens is 1. The minimum absolute atomic E-state index is 0.615. The minimum atomic E-state index is 0.615. The quantitative estimate of drug-likeness (QED) is 0.612. The Balaban J connectivity index is 1.41. The van der Waals surface area contributed by atoms with Gasteiger partial charge in [-0.25, -0.2) is 0 Å². The van der Waals surface area contributed by atoms with Gasteiger partial charge in [0.25, 0.3) is 0 Å². The highest BCUT2D eigenvalue weighted by atomic mass is 32.1. The highest BCUT2D eigenvalue weighted by Crippen LogP contribution is 2.17. The highest BCUT2D eigenvalue weighted by molar-refractivity contribution is 7.71. The summed E-state index contributed by atoms with van der Waals surface area (Å²) in [6.07, 6.45) is 0. The van der Waals surface area contributed by atoms with Gasteiger partial charge >= 0.3 is 0 Å². The molecular formula is C22H29N6OS+. The molecule has 0 saturated carbocycles. The number of nitrogens with one attached hydrogen (secondary N) is 1. The largest absolute Gasteiger partial charge is 0.378 e. The summed E-state index contributed by atoms with van der Waals surface area (Å²) in [6.45, 7) is 9.23. The van der Waals surface area contributed by atoms with Gasteiger partial charge in [-0.15, -0.1) is 0 Å². The Morgan fingerprint density at radius 2 is 1.77 bits per heavy atom. The molecule has 1 aliphatic rings. The van der Waals surface area contributed by atoms with Gasteiger partial charge in [0.15, 0.2) is 6.67 Å². The number of anilines is 1. The molecule has 1 aromatic heterocycles. The van der Waals surface area contributed by atoms with Crippen LogP contribution in [-0.2, 0) is 18.0 Å². The van der Waals surface area contributed by atoms with E-state index in [1.54, 1.807) is 9.36 Å². The average molecular weight is 426 g/mol. The van der Waals surface area contributed by atoms with Crippen LogP contribution in [0.1, 0.15) is 16.7 Å². The molecule has 8 heteroatoms. The zero-order valence-electron chi connectivity index (χ0n) is 17.8. The Bertz CT molecular complexity index is 1050. The van der Waals surface area contributed by atoms with Crippen LogP contribution in [0.3, 0.4) is 0 Å². The molecule has 30 heavy (non-hydrogen) atoms. The molecule has 1 saturated heterocycles. The minimum Gasteiger partial charge on any atom is -0.378 e. The van der Waals surface area contributed by atoms with E-state index in [1.807, 2.05) is 6.07 Å². The molecule has 2 heterocycles. The van der Waals surface area contributed by atoms with E-state index in [1.165, 1.54) is 21.7 Å². The molecule has 3 aromatic rings. The highest BCUT2D eigenvalue weighted by Gasteiger charge is 2.14. The first-order valence-corrected chi connectivity index (χ1v) is 10.8. The first-order valence-electron chi connectivity index (χ1n) is 10.3. The standard InChI is InChI=1S/C22H28N6OS/c1-17-4-9-21(18(2)14-17)28-22(30)27(23-24-28)16-25(3)15-19-5-7-20(8-6-19)26-10-12-29-13-11-26/h4-9,14H,10-13,15-16H2,1-3H3/p+1. The number of benzene rings is 2. The lowest BCUT2D eigenvalue weighted by atomic mass is 10.1. The van der Waals surface area contributed by atoms with Crippen molar-refractivity contribution < 1.29 is 9.64 Å². The van der Waals surface area contributed by atoms with E-state index in [9.17, 15) is 0 Å². The van der Waals surface area contributed by atoms with Crippen LogP contribution in [0.15, 0.2) is 42.5 Å². The second-order valence-corrected chi connectivity index (χ2v) is 8.39. The lowest BCUT2D eigenvalue weighted by Crippen LogP contribution is -3.07. The zero-order valence-corrected chi connectivity index (χ0v) is 18.7. The molecule has 0 spiro atoms. The smallest absolute Gasteiger partial charge is 0.225 e. The van der Waals surface area contributed by atoms with Crippen molar-refractivity contribution in [3.8, 4) is 5.69 Å². The summed E-state index contributed by atoms with van der Waals surface area (Å²) < 4.78 is 9.59. The van der Waals surface area contributed by atoms with Crippen LogP contribution in [0, 0.1) is 18.6 Å². The van der Waals surface area contributed by atoms with E-state index in [0.29, 0.717) is 11.4 Å². The van der Waals surface area contributed by atoms with Crippen molar-refractivity contribution in [1.82, 2.24) is 19.8 Å². The van der Waals surface area contributed by atoms with Gasteiger partial charge in [-0.3, -0.25) is 0 Å². The summed E-state index contributed by atoms with van der Waals surface area (Å²) in [4.78, 5) is 3.66. The third-order valence-corrected chi connectivity index (χ3v) is 5.84. The topological polar surface area (TPSA) is 52.5 Å². The second kappa shape index (κ2) is 9.07. The lowest BCUT2D eigenvalue weighted by molar-refractivity contribution is -0.917. The molecule has 0 aliphatic carbocycles. The van der Waals surface area contributed by atoms with Crippen LogP contribution in [0.2, 0.25) is 0 Å². The predicted octanol–water partition coefficient (Wildman–Crippen LogP) is 1.92. The maximum absolute atomic E-state index is 5.64. The average Bonchev–Trinajstić information content (AvgIpc) is 3.09. The van der Waals surface area contributed by atoms with Gasteiger partial charge < -0.3 is 14.5 Å². The third kappa shape index (κ3) is 4.61. The first-order chi connectivity index (χ1) is 14.5. The number of aromatic nitrogens is 4. The fourth-order valence-corrected chi connectivity index (χ4v) is 4.11. The summed E-state index contributed by atoms with van der Waals surface area (Å²) in [6, 6.07) is 15.1. The Morgan fingerprint density at radius 1 is 1.03 bits per heavy atom. The Morgan fingerprint density at radius 3 is 2.47 bits per heavy atom. The van der Waals surface area contributed by atoms with Crippen LogP contribution in [0.25, 0.3) is 5.69 Å². The molecule has 1 N–H and O–H groups in total.